The summed E-state index contributed by atoms with van der Waals surface area (Å²) in [4.78, 5) is 15.3. The van der Waals surface area contributed by atoms with E-state index < -0.39 is 5.41 Å². The van der Waals surface area contributed by atoms with E-state index in [0.29, 0.717) is 24.9 Å². The number of hydrogen-bond acceptors (Lipinski definition) is 1. The van der Waals surface area contributed by atoms with Crippen LogP contribution in [0, 0.1) is 5.82 Å². The summed E-state index contributed by atoms with van der Waals surface area (Å²) in [5.41, 5.74) is 0.800. The standard InChI is InChI=1S/C15H15FN2O/c16-13-6-2-1-5-12(13)15(7-8-15)14(19)18-10-11-4-3-9-17-11/h1-6,9,17H,7-8,10H2,(H,18,19). The van der Waals surface area contributed by atoms with Crippen LogP contribution in [0.5, 0.6) is 0 Å². The maximum Gasteiger partial charge on any atom is 0.231 e. The average molecular weight is 258 g/mol. The Labute approximate surface area is 110 Å². The summed E-state index contributed by atoms with van der Waals surface area (Å²) in [6.45, 7) is 0.446. The zero-order valence-electron chi connectivity index (χ0n) is 10.4. The number of carbonyl (C=O) groups is 1. The van der Waals surface area contributed by atoms with Crippen LogP contribution in [-0.2, 0) is 16.8 Å². The topological polar surface area (TPSA) is 44.9 Å². The van der Waals surface area contributed by atoms with E-state index in [9.17, 15) is 9.18 Å². The molecule has 0 radical (unpaired) electrons. The molecule has 0 saturated heterocycles. The lowest BCUT2D eigenvalue weighted by Gasteiger charge is -2.16. The third kappa shape index (κ3) is 2.14. The summed E-state index contributed by atoms with van der Waals surface area (Å²) in [5.74, 6) is -0.387. The van der Waals surface area contributed by atoms with Crippen molar-refractivity contribution in [2.75, 3.05) is 0 Å². The van der Waals surface area contributed by atoms with Crippen molar-refractivity contribution < 1.29 is 9.18 Å². The van der Waals surface area contributed by atoms with Crippen LogP contribution in [0.4, 0.5) is 4.39 Å². The minimum atomic E-state index is -0.655. The molecule has 1 aromatic carbocycles. The number of benzene rings is 1. The second-order valence-corrected chi connectivity index (χ2v) is 4.94. The van der Waals surface area contributed by atoms with Gasteiger partial charge in [-0.15, -0.1) is 0 Å². The molecule has 0 bridgehead atoms. The van der Waals surface area contributed by atoms with Crippen molar-refractivity contribution in [1.29, 1.82) is 0 Å². The number of carbonyl (C=O) groups excluding carboxylic acids is 1. The first-order valence-corrected chi connectivity index (χ1v) is 6.38. The second-order valence-electron chi connectivity index (χ2n) is 4.94. The van der Waals surface area contributed by atoms with Crippen LogP contribution in [-0.4, -0.2) is 10.9 Å². The van der Waals surface area contributed by atoms with Gasteiger partial charge in [0.1, 0.15) is 5.82 Å². The maximum absolute atomic E-state index is 13.8. The minimum absolute atomic E-state index is 0.0906. The van der Waals surface area contributed by atoms with Gasteiger partial charge < -0.3 is 10.3 Å². The van der Waals surface area contributed by atoms with Crippen molar-refractivity contribution in [2.24, 2.45) is 0 Å². The summed E-state index contributed by atoms with van der Waals surface area (Å²) in [5, 5.41) is 2.88. The van der Waals surface area contributed by atoms with Gasteiger partial charge in [0.25, 0.3) is 0 Å². The van der Waals surface area contributed by atoms with E-state index >= 15 is 0 Å². The van der Waals surface area contributed by atoms with Crippen molar-refractivity contribution >= 4 is 5.91 Å². The Morgan fingerprint density at radius 2 is 2.05 bits per heavy atom. The van der Waals surface area contributed by atoms with Crippen molar-refractivity contribution in [1.82, 2.24) is 10.3 Å². The van der Waals surface area contributed by atoms with Crippen LogP contribution in [0.2, 0.25) is 0 Å². The van der Waals surface area contributed by atoms with Gasteiger partial charge in [0.2, 0.25) is 5.91 Å². The second kappa shape index (κ2) is 4.53. The highest BCUT2D eigenvalue weighted by Crippen LogP contribution is 2.49. The fourth-order valence-corrected chi connectivity index (χ4v) is 2.42. The summed E-state index contributed by atoms with van der Waals surface area (Å²) in [6, 6.07) is 10.3. The molecule has 1 heterocycles. The third-order valence-electron chi connectivity index (χ3n) is 3.68. The Morgan fingerprint density at radius 1 is 1.26 bits per heavy atom. The normalized spacial score (nSPS) is 16.1. The molecule has 1 saturated carbocycles. The first kappa shape index (κ1) is 12.0. The highest BCUT2D eigenvalue weighted by atomic mass is 19.1. The Balaban J connectivity index is 1.74. The number of aromatic nitrogens is 1. The SMILES string of the molecule is O=C(NCc1ccc[nH]1)C1(c2ccccc2F)CC1. The van der Waals surface area contributed by atoms with E-state index in [2.05, 4.69) is 10.3 Å². The first-order chi connectivity index (χ1) is 9.22. The van der Waals surface area contributed by atoms with Crippen LogP contribution in [0.3, 0.4) is 0 Å². The van der Waals surface area contributed by atoms with Crippen molar-refractivity contribution in [3.8, 4) is 0 Å². The van der Waals surface area contributed by atoms with Crippen molar-refractivity contribution in [3.63, 3.8) is 0 Å². The van der Waals surface area contributed by atoms with Gasteiger partial charge in [-0.25, -0.2) is 4.39 Å². The number of nitrogens with one attached hydrogen (secondary N) is 2. The van der Waals surface area contributed by atoms with Crippen molar-refractivity contribution in [3.05, 3.63) is 59.7 Å². The Bertz CT molecular complexity index is 588. The highest BCUT2D eigenvalue weighted by Gasteiger charge is 2.52. The molecule has 4 heteroatoms. The Kier molecular flexibility index (Phi) is 2.85. The maximum atomic E-state index is 13.8. The molecular weight excluding hydrogens is 243 g/mol. The molecule has 1 aliphatic carbocycles. The van der Waals surface area contributed by atoms with Crippen molar-refractivity contribution in [2.45, 2.75) is 24.8 Å². The minimum Gasteiger partial charge on any atom is -0.364 e. The monoisotopic (exact) mass is 258 g/mol. The van der Waals surface area contributed by atoms with Gasteiger partial charge in [-0.3, -0.25) is 4.79 Å². The molecule has 19 heavy (non-hydrogen) atoms. The molecule has 3 nitrogen and oxygen atoms in total. The largest absolute Gasteiger partial charge is 0.364 e. The molecule has 3 rings (SSSR count). The zero-order chi connectivity index (χ0) is 13.3. The molecule has 0 unspecified atom stereocenters. The molecule has 0 spiro atoms. The lowest BCUT2D eigenvalue weighted by atomic mass is 9.94. The quantitative estimate of drug-likeness (QED) is 0.869. The first-order valence-electron chi connectivity index (χ1n) is 6.38. The molecule has 98 valence electrons. The van der Waals surface area contributed by atoms with Crippen LogP contribution in [0.15, 0.2) is 42.6 Å². The van der Waals surface area contributed by atoms with E-state index in [1.807, 2.05) is 18.3 Å². The number of halogens is 1. The number of aromatic amines is 1. The summed E-state index contributed by atoms with van der Waals surface area (Å²) in [7, 11) is 0. The molecule has 1 aromatic heterocycles. The molecular formula is C15H15FN2O. The van der Waals surface area contributed by atoms with Gasteiger partial charge >= 0.3 is 0 Å². The van der Waals surface area contributed by atoms with Gasteiger partial charge in [-0.2, -0.15) is 0 Å². The van der Waals surface area contributed by atoms with Crippen LogP contribution in [0.1, 0.15) is 24.1 Å². The molecule has 2 aromatic rings. The van der Waals surface area contributed by atoms with Crippen LogP contribution >= 0.6 is 0 Å². The molecule has 1 fully saturated rings. The molecule has 2 N–H and O–H groups in total. The number of rotatable bonds is 4. The number of H-pyrrole nitrogens is 1. The van der Waals surface area contributed by atoms with E-state index in [0.717, 1.165) is 5.69 Å². The van der Waals surface area contributed by atoms with Gasteiger partial charge in [0, 0.05) is 17.5 Å². The van der Waals surface area contributed by atoms with E-state index in [1.165, 1.54) is 6.07 Å². The lowest BCUT2D eigenvalue weighted by Crippen LogP contribution is -2.34. The number of hydrogen-bond donors (Lipinski definition) is 2. The number of amides is 1. The summed E-state index contributed by atoms with van der Waals surface area (Å²) in [6.07, 6.45) is 3.24. The molecule has 0 aliphatic heterocycles. The average Bonchev–Trinajstić information content (AvgIpc) is 3.06. The van der Waals surface area contributed by atoms with Gasteiger partial charge in [-0.05, 0) is 31.0 Å². The van der Waals surface area contributed by atoms with Crippen LogP contribution in [0.25, 0.3) is 0 Å². The third-order valence-corrected chi connectivity index (χ3v) is 3.68. The van der Waals surface area contributed by atoms with Gasteiger partial charge in [0.15, 0.2) is 0 Å². The predicted molar refractivity (Wildman–Crippen MR) is 70.0 cm³/mol. The fraction of sp³-hybridized carbons (Fsp3) is 0.267. The van der Waals surface area contributed by atoms with E-state index in [1.54, 1.807) is 18.2 Å². The lowest BCUT2D eigenvalue weighted by molar-refractivity contribution is -0.123. The predicted octanol–water partition coefficient (Wildman–Crippen LogP) is 2.50. The summed E-state index contributed by atoms with van der Waals surface area (Å²) >= 11 is 0. The van der Waals surface area contributed by atoms with Gasteiger partial charge in [0.05, 0.1) is 12.0 Å². The fourth-order valence-electron chi connectivity index (χ4n) is 2.42. The van der Waals surface area contributed by atoms with E-state index in [4.69, 9.17) is 0 Å². The molecule has 1 aliphatic rings. The Hall–Kier alpha value is -2.10. The van der Waals surface area contributed by atoms with E-state index in [-0.39, 0.29) is 11.7 Å². The molecule has 0 atom stereocenters. The van der Waals surface area contributed by atoms with Crippen LogP contribution < -0.4 is 5.32 Å². The highest BCUT2D eigenvalue weighted by molar-refractivity contribution is 5.91. The van der Waals surface area contributed by atoms with Gasteiger partial charge in [-0.1, -0.05) is 18.2 Å². The summed E-state index contributed by atoms with van der Waals surface area (Å²) < 4.78 is 13.8. The zero-order valence-corrected chi connectivity index (χ0v) is 10.4. The smallest absolute Gasteiger partial charge is 0.231 e. The Morgan fingerprint density at radius 3 is 2.68 bits per heavy atom. The molecule has 1 amide bonds.